The molecular weight excluding hydrogens is 280 g/mol. The Hall–Kier alpha value is -1.88. The maximum Gasteiger partial charge on any atom is 0.251 e. The number of hydrogen-bond acceptors (Lipinski definition) is 3. The van der Waals surface area contributed by atoms with E-state index >= 15 is 0 Å². The lowest BCUT2D eigenvalue weighted by Crippen LogP contribution is -2.35. The lowest BCUT2D eigenvalue weighted by Gasteiger charge is -2.22. The Bertz CT molecular complexity index is 548. The van der Waals surface area contributed by atoms with E-state index in [-0.39, 0.29) is 18.4 Å². The maximum absolute atomic E-state index is 12.1. The molecular formula is C17H22N2O3. The SMILES string of the molecule is COCC(=O)N(Cc1ccc(C(=O)NC2CC2)cc1)C1CC1. The summed E-state index contributed by atoms with van der Waals surface area (Å²) in [5.74, 6) is 0.0177. The van der Waals surface area contributed by atoms with Gasteiger partial charge in [-0.3, -0.25) is 9.59 Å². The highest BCUT2D eigenvalue weighted by Gasteiger charge is 2.32. The minimum Gasteiger partial charge on any atom is -0.375 e. The molecule has 0 heterocycles. The summed E-state index contributed by atoms with van der Waals surface area (Å²) in [4.78, 5) is 25.9. The molecule has 2 aliphatic carbocycles. The molecule has 5 heteroatoms. The monoisotopic (exact) mass is 302 g/mol. The average Bonchev–Trinajstić information content (AvgIpc) is 3.39. The normalized spacial score (nSPS) is 17.1. The number of ether oxygens (including phenoxy) is 1. The second kappa shape index (κ2) is 6.48. The minimum absolute atomic E-state index is 0.0106. The highest BCUT2D eigenvalue weighted by atomic mass is 16.5. The van der Waals surface area contributed by atoms with Crippen molar-refractivity contribution in [3.8, 4) is 0 Å². The van der Waals surface area contributed by atoms with Crippen LogP contribution in [0.4, 0.5) is 0 Å². The van der Waals surface area contributed by atoms with Crippen LogP contribution in [0, 0.1) is 0 Å². The first-order chi connectivity index (χ1) is 10.7. The van der Waals surface area contributed by atoms with Crippen molar-refractivity contribution in [1.29, 1.82) is 0 Å². The molecule has 2 amide bonds. The largest absolute Gasteiger partial charge is 0.375 e. The van der Waals surface area contributed by atoms with Crippen LogP contribution in [0.5, 0.6) is 0 Å². The zero-order chi connectivity index (χ0) is 15.5. The fourth-order valence-corrected chi connectivity index (χ4v) is 2.47. The Labute approximate surface area is 130 Å². The third kappa shape index (κ3) is 3.85. The van der Waals surface area contributed by atoms with Crippen molar-refractivity contribution >= 4 is 11.8 Å². The van der Waals surface area contributed by atoms with Crippen LogP contribution in [0.25, 0.3) is 0 Å². The molecule has 2 saturated carbocycles. The topological polar surface area (TPSA) is 58.6 Å². The average molecular weight is 302 g/mol. The van der Waals surface area contributed by atoms with Crippen LogP contribution in [0.2, 0.25) is 0 Å². The Morgan fingerprint density at radius 3 is 2.41 bits per heavy atom. The molecule has 0 bridgehead atoms. The molecule has 1 aromatic rings. The number of hydrogen-bond donors (Lipinski definition) is 1. The number of nitrogens with one attached hydrogen (secondary N) is 1. The van der Waals surface area contributed by atoms with Gasteiger partial charge in [-0.2, -0.15) is 0 Å². The predicted molar refractivity (Wildman–Crippen MR) is 82.4 cm³/mol. The second-order valence-corrected chi connectivity index (χ2v) is 6.13. The standard InChI is InChI=1S/C17H22N2O3/c1-22-11-16(20)19(15-8-9-15)10-12-2-4-13(5-3-12)17(21)18-14-6-7-14/h2-5,14-15H,6-11H2,1H3,(H,18,21). The number of carbonyl (C=O) groups excluding carboxylic acids is 2. The number of amides is 2. The number of rotatable bonds is 7. The van der Waals surface area contributed by atoms with E-state index in [1.165, 1.54) is 7.11 Å². The molecule has 0 atom stereocenters. The highest BCUT2D eigenvalue weighted by Crippen LogP contribution is 2.28. The van der Waals surface area contributed by atoms with Crippen LogP contribution in [0.1, 0.15) is 41.6 Å². The van der Waals surface area contributed by atoms with Crippen molar-refractivity contribution in [2.24, 2.45) is 0 Å². The van der Waals surface area contributed by atoms with Gasteiger partial charge in [0, 0.05) is 31.3 Å². The van der Waals surface area contributed by atoms with E-state index < -0.39 is 0 Å². The minimum atomic E-state index is -0.0106. The van der Waals surface area contributed by atoms with Crippen molar-refractivity contribution in [1.82, 2.24) is 10.2 Å². The van der Waals surface area contributed by atoms with Gasteiger partial charge in [-0.1, -0.05) is 12.1 Å². The summed E-state index contributed by atoms with van der Waals surface area (Å²) in [5.41, 5.74) is 1.72. The van der Waals surface area contributed by atoms with Crippen molar-refractivity contribution in [2.75, 3.05) is 13.7 Å². The summed E-state index contributed by atoms with van der Waals surface area (Å²) in [7, 11) is 1.54. The zero-order valence-electron chi connectivity index (χ0n) is 12.9. The Morgan fingerprint density at radius 2 is 1.86 bits per heavy atom. The molecule has 0 aromatic heterocycles. The van der Waals surface area contributed by atoms with Gasteiger partial charge in [0.15, 0.2) is 0 Å². The summed E-state index contributed by atoms with van der Waals surface area (Å²) < 4.78 is 4.95. The Balaban J connectivity index is 1.61. The van der Waals surface area contributed by atoms with Crippen LogP contribution >= 0.6 is 0 Å². The first kappa shape index (κ1) is 15.0. The van der Waals surface area contributed by atoms with E-state index in [1.807, 2.05) is 29.2 Å². The molecule has 0 saturated heterocycles. The molecule has 2 fully saturated rings. The van der Waals surface area contributed by atoms with E-state index in [0.29, 0.717) is 24.2 Å². The summed E-state index contributed by atoms with van der Waals surface area (Å²) in [6, 6.07) is 8.23. The lowest BCUT2D eigenvalue weighted by atomic mass is 10.1. The molecule has 0 spiro atoms. The number of methoxy groups -OCH3 is 1. The smallest absolute Gasteiger partial charge is 0.251 e. The lowest BCUT2D eigenvalue weighted by molar-refractivity contribution is -0.136. The van der Waals surface area contributed by atoms with Crippen LogP contribution in [-0.2, 0) is 16.1 Å². The molecule has 22 heavy (non-hydrogen) atoms. The Morgan fingerprint density at radius 1 is 1.18 bits per heavy atom. The van der Waals surface area contributed by atoms with Gasteiger partial charge in [0.25, 0.3) is 5.91 Å². The summed E-state index contributed by atoms with van der Waals surface area (Å²) in [5, 5.41) is 2.97. The summed E-state index contributed by atoms with van der Waals surface area (Å²) in [6.07, 6.45) is 4.30. The molecule has 118 valence electrons. The fraction of sp³-hybridized carbons (Fsp3) is 0.529. The van der Waals surface area contributed by atoms with Crippen LogP contribution < -0.4 is 5.32 Å². The van der Waals surface area contributed by atoms with Gasteiger partial charge in [0.2, 0.25) is 5.91 Å². The van der Waals surface area contributed by atoms with Crippen molar-refractivity contribution in [3.63, 3.8) is 0 Å². The number of carbonyl (C=O) groups is 2. The maximum atomic E-state index is 12.1. The quantitative estimate of drug-likeness (QED) is 0.834. The molecule has 2 aliphatic rings. The van der Waals surface area contributed by atoms with E-state index in [2.05, 4.69) is 5.32 Å². The van der Waals surface area contributed by atoms with Crippen molar-refractivity contribution < 1.29 is 14.3 Å². The van der Waals surface area contributed by atoms with E-state index in [0.717, 1.165) is 31.2 Å². The molecule has 3 rings (SSSR count). The van der Waals surface area contributed by atoms with Gasteiger partial charge in [0.1, 0.15) is 6.61 Å². The van der Waals surface area contributed by atoms with Crippen LogP contribution in [-0.4, -0.2) is 42.5 Å². The van der Waals surface area contributed by atoms with Crippen molar-refractivity contribution in [2.45, 2.75) is 44.3 Å². The molecule has 1 aromatic carbocycles. The highest BCUT2D eigenvalue weighted by molar-refractivity contribution is 5.94. The molecule has 0 aliphatic heterocycles. The van der Waals surface area contributed by atoms with Gasteiger partial charge >= 0.3 is 0 Å². The van der Waals surface area contributed by atoms with E-state index in [4.69, 9.17) is 4.74 Å². The van der Waals surface area contributed by atoms with Crippen LogP contribution in [0.15, 0.2) is 24.3 Å². The first-order valence-corrected chi connectivity index (χ1v) is 7.85. The second-order valence-electron chi connectivity index (χ2n) is 6.13. The predicted octanol–water partition coefficient (Wildman–Crippen LogP) is 1.72. The molecule has 1 N–H and O–H groups in total. The third-order valence-corrected chi connectivity index (χ3v) is 4.06. The van der Waals surface area contributed by atoms with E-state index in [9.17, 15) is 9.59 Å². The van der Waals surface area contributed by atoms with Gasteiger partial charge in [-0.25, -0.2) is 0 Å². The first-order valence-electron chi connectivity index (χ1n) is 7.85. The van der Waals surface area contributed by atoms with Gasteiger partial charge in [-0.15, -0.1) is 0 Å². The Kier molecular flexibility index (Phi) is 4.43. The van der Waals surface area contributed by atoms with Crippen molar-refractivity contribution in [3.05, 3.63) is 35.4 Å². The van der Waals surface area contributed by atoms with Gasteiger partial charge < -0.3 is 15.0 Å². The fourth-order valence-electron chi connectivity index (χ4n) is 2.47. The number of nitrogens with zero attached hydrogens (tertiary/aromatic N) is 1. The third-order valence-electron chi connectivity index (χ3n) is 4.06. The molecule has 0 radical (unpaired) electrons. The van der Waals surface area contributed by atoms with Gasteiger partial charge in [0.05, 0.1) is 0 Å². The molecule has 0 unspecified atom stereocenters. The van der Waals surface area contributed by atoms with E-state index in [1.54, 1.807) is 0 Å². The zero-order valence-corrected chi connectivity index (χ0v) is 12.9. The molecule has 5 nitrogen and oxygen atoms in total. The number of benzene rings is 1. The van der Waals surface area contributed by atoms with Gasteiger partial charge in [-0.05, 0) is 43.4 Å². The summed E-state index contributed by atoms with van der Waals surface area (Å²) in [6.45, 7) is 0.704. The van der Waals surface area contributed by atoms with Crippen LogP contribution in [0.3, 0.4) is 0 Å². The summed E-state index contributed by atoms with van der Waals surface area (Å²) >= 11 is 0.